The molecule has 3 rings (SSSR count). The maximum atomic E-state index is 5.82. The second-order valence-electron chi connectivity index (χ2n) is 5.82. The van der Waals surface area contributed by atoms with Crippen LogP contribution in [0.2, 0.25) is 0 Å². The molecular weight excluding hydrogens is 304 g/mol. The molecule has 1 heterocycles. The van der Waals surface area contributed by atoms with Crippen LogP contribution in [0, 0.1) is 0 Å². The third kappa shape index (κ3) is 3.42. The lowest BCUT2D eigenvalue weighted by molar-refractivity contribution is 0.173. The van der Waals surface area contributed by atoms with E-state index in [2.05, 4.69) is 26.0 Å². The van der Waals surface area contributed by atoms with E-state index < -0.39 is 0 Å². The van der Waals surface area contributed by atoms with Gasteiger partial charge in [0.05, 0.1) is 13.2 Å². The molecule has 0 amide bonds. The van der Waals surface area contributed by atoms with E-state index in [1.807, 2.05) is 31.2 Å². The summed E-state index contributed by atoms with van der Waals surface area (Å²) in [6.07, 6.45) is 1.01. The molecule has 0 bridgehead atoms. The summed E-state index contributed by atoms with van der Waals surface area (Å²) >= 11 is 0. The zero-order valence-electron chi connectivity index (χ0n) is 14.5. The number of hydrogen-bond acceptors (Lipinski definition) is 4. The Morgan fingerprint density at radius 3 is 2.38 bits per heavy atom. The first kappa shape index (κ1) is 16.5. The Morgan fingerprint density at radius 2 is 1.71 bits per heavy atom. The van der Waals surface area contributed by atoms with Gasteiger partial charge in [0.2, 0.25) is 6.79 Å². The fourth-order valence-corrected chi connectivity index (χ4v) is 2.81. The van der Waals surface area contributed by atoms with Gasteiger partial charge in [-0.15, -0.1) is 0 Å². The molecule has 2 aromatic carbocycles. The molecular formula is C20H24O4. The van der Waals surface area contributed by atoms with Crippen molar-refractivity contribution in [1.82, 2.24) is 0 Å². The lowest BCUT2D eigenvalue weighted by Gasteiger charge is -2.18. The van der Waals surface area contributed by atoms with E-state index in [-0.39, 0.29) is 12.7 Å². The van der Waals surface area contributed by atoms with E-state index in [9.17, 15) is 0 Å². The van der Waals surface area contributed by atoms with Gasteiger partial charge in [-0.05, 0) is 37.1 Å². The summed E-state index contributed by atoms with van der Waals surface area (Å²) in [5, 5.41) is 0. The van der Waals surface area contributed by atoms with Gasteiger partial charge in [-0.1, -0.05) is 26.0 Å². The number of fused-ring (bicyclic) bond motifs is 1. The van der Waals surface area contributed by atoms with Crippen LogP contribution in [0.5, 0.6) is 23.0 Å². The highest BCUT2D eigenvalue weighted by molar-refractivity contribution is 5.54. The van der Waals surface area contributed by atoms with E-state index in [1.165, 1.54) is 5.56 Å². The molecule has 0 saturated carbocycles. The Balaban J connectivity index is 1.87. The van der Waals surface area contributed by atoms with Gasteiger partial charge in [0, 0.05) is 17.5 Å². The fourth-order valence-electron chi connectivity index (χ4n) is 2.81. The minimum atomic E-state index is 0.182. The quantitative estimate of drug-likeness (QED) is 0.734. The van der Waals surface area contributed by atoms with E-state index in [0.717, 1.165) is 41.6 Å². The van der Waals surface area contributed by atoms with Crippen LogP contribution in [0.25, 0.3) is 0 Å². The van der Waals surface area contributed by atoms with Gasteiger partial charge in [0.1, 0.15) is 11.5 Å². The van der Waals surface area contributed by atoms with Gasteiger partial charge < -0.3 is 18.9 Å². The predicted octanol–water partition coefficient (Wildman–Crippen LogP) is 4.75. The van der Waals surface area contributed by atoms with Crippen LogP contribution in [0.15, 0.2) is 36.4 Å². The molecule has 128 valence electrons. The third-order valence-corrected chi connectivity index (χ3v) is 4.12. The minimum absolute atomic E-state index is 0.182. The van der Waals surface area contributed by atoms with E-state index >= 15 is 0 Å². The van der Waals surface area contributed by atoms with Crippen molar-refractivity contribution in [1.29, 1.82) is 0 Å². The maximum Gasteiger partial charge on any atom is 0.231 e. The molecule has 0 aliphatic carbocycles. The van der Waals surface area contributed by atoms with Crippen molar-refractivity contribution in [2.24, 2.45) is 0 Å². The van der Waals surface area contributed by atoms with Crippen LogP contribution in [0.4, 0.5) is 0 Å². The predicted molar refractivity (Wildman–Crippen MR) is 93.5 cm³/mol. The van der Waals surface area contributed by atoms with Gasteiger partial charge in [-0.25, -0.2) is 0 Å². The highest BCUT2D eigenvalue weighted by Crippen LogP contribution is 2.42. The van der Waals surface area contributed by atoms with E-state index in [0.29, 0.717) is 6.61 Å². The summed E-state index contributed by atoms with van der Waals surface area (Å²) in [4.78, 5) is 0. The van der Waals surface area contributed by atoms with Gasteiger partial charge in [-0.3, -0.25) is 0 Å². The highest BCUT2D eigenvalue weighted by atomic mass is 16.7. The Hall–Kier alpha value is -2.36. The van der Waals surface area contributed by atoms with Crippen molar-refractivity contribution in [3.63, 3.8) is 0 Å². The molecule has 1 aliphatic rings. The van der Waals surface area contributed by atoms with Crippen molar-refractivity contribution >= 4 is 0 Å². The lowest BCUT2D eigenvalue weighted by Crippen LogP contribution is -2.02. The van der Waals surface area contributed by atoms with E-state index in [4.69, 9.17) is 18.9 Å². The van der Waals surface area contributed by atoms with Crippen molar-refractivity contribution in [2.45, 2.75) is 33.1 Å². The van der Waals surface area contributed by atoms with Crippen LogP contribution >= 0.6 is 0 Å². The summed E-state index contributed by atoms with van der Waals surface area (Å²) in [7, 11) is 0. The zero-order chi connectivity index (χ0) is 16.9. The number of ether oxygens (including phenoxy) is 4. The number of rotatable bonds is 7. The molecule has 0 unspecified atom stereocenters. The van der Waals surface area contributed by atoms with Crippen LogP contribution in [0.3, 0.4) is 0 Å². The number of benzene rings is 2. The smallest absolute Gasteiger partial charge is 0.231 e. The molecule has 0 N–H and O–H groups in total. The summed E-state index contributed by atoms with van der Waals surface area (Å²) in [6.45, 7) is 7.88. The Labute approximate surface area is 143 Å². The second kappa shape index (κ2) is 7.47. The summed E-state index contributed by atoms with van der Waals surface area (Å²) in [5.74, 6) is 3.46. The largest absolute Gasteiger partial charge is 0.494 e. The average Bonchev–Trinajstić information content (AvgIpc) is 3.07. The molecule has 24 heavy (non-hydrogen) atoms. The summed E-state index contributed by atoms with van der Waals surface area (Å²) < 4.78 is 22.5. The Bertz CT molecular complexity index is 679. The van der Waals surface area contributed by atoms with Gasteiger partial charge in [-0.2, -0.15) is 0 Å². The van der Waals surface area contributed by atoms with Crippen LogP contribution in [0.1, 0.15) is 44.2 Å². The molecule has 0 aromatic heterocycles. The van der Waals surface area contributed by atoms with E-state index in [1.54, 1.807) is 0 Å². The SMILES string of the molecule is CCCOc1ccc([C@@H](C)c2cc3c(cc2OCC)OCO3)cc1. The summed E-state index contributed by atoms with van der Waals surface area (Å²) in [6, 6.07) is 12.2. The summed E-state index contributed by atoms with van der Waals surface area (Å²) in [5.41, 5.74) is 2.31. The van der Waals surface area contributed by atoms with Crippen LogP contribution in [-0.2, 0) is 0 Å². The Morgan fingerprint density at radius 1 is 1.00 bits per heavy atom. The van der Waals surface area contributed by atoms with Crippen molar-refractivity contribution < 1.29 is 18.9 Å². The van der Waals surface area contributed by atoms with Crippen LogP contribution < -0.4 is 18.9 Å². The molecule has 4 heteroatoms. The molecule has 0 saturated heterocycles. The standard InChI is InChI=1S/C20H24O4/c1-4-10-22-16-8-6-15(7-9-16)14(3)17-11-19-20(24-13-23-19)12-18(17)21-5-2/h6-9,11-12,14H,4-5,10,13H2,1-3H3/t14-/m1/s1. The molecule has 0 radical (unpaired) electrons. The van der Waals surface area contributed by atoms with Gasteiger partial charge >= 0.3 is 0 Å². The topological polar surface area (TPSA) is 36.9 Å². The molecule has 4 nitrogen and oxygen atoms in total. The second-order valence-corrected chi connectivity index (χ2v) is 5.82. The van der Waals surface area contributed by atoms with Crippen LogP contribution in [-0.4, -0.2) is 20.0 Å². The molecule has 1 aliphatic heterocycles. The number of hydrogen-bond donors (Lipinski definition) is 0. The molecule has 1 atom stereocenters. The maximum absolute atomic E-state index is 5.82. The van der Waals surface area contributed by atoms with Crippen molar-refractivity contribution in [2.75, 3.05) is 20.0 Å². The first-order valence-electron chi connectivity index (χ1n) is 8.52. The first-order chi connectivity index (χ1) is 11.7. The molecule has 2 aromatic rings. The molecule has 0 spiro atoms. The average molecular weight is 328 g/mol. The monoisotopic (exact) mass is 328 g/mol. The zero-order valence-corrected chi connectivity index (χ0v) is 14.5. The van der Waals surface area contributed by atoms with Gasteiger partial charge in [0.25, 0.3) is 0 Å². The van der Waals surface area contributed by atoms with Crippen molar-refractivity contribution in [3.05, 3.63) is 47.5 Å². The minimum Gasteiger partial charge on any atom is -0.494 e. The normalized spacial score (nSPS) is 13.6. The van der Waals surface area contributed by atoms with Gasteiger partial charge in [0.15, 0.2) is 11.5 Å². The lowest BCUT2D eigenvalue weighted by atomic mass is 9.92. The van der Waals surface area contributed by atoms with Crippen molar-refractivity contribution in [3.8, 4) is 23.0 Å². The molecule has 0 fully saturated rings. The fraction of sp³-hybridized carbons (Fsp3) is 0.400. The Kier molecular flexibility index (Phi) is 5.14. The highest BCUT2D eigenvalue weighted by Gasteiger charge is 2.22. The first-order valence-corrected chi connectivity index (χ1v) is 8.52. The third-order valence-electron chi connectivity index (χ3n) is 4.12.